The van der Waals surface area contributed by atoms with E-state index in [9.17, 15) is 0 Å². The molecule has 0 radical (unpaired) electrons. The number of aromatic nitrogens is 2. The zero-order valence-corrected chi connectivity index (χ0v) is 7.80. The Bertz CT molecular complexity index is 295. The van der Waals surface area contributed by atoms with E-state index in [0.29, 0.717) is 11.8 Å². The molecule has 1 aromatic rings. The largest absolute Gasteiger partial charge is 0.241 e. The molecule has 64 valence electrons. The van der Waals surface area contributed by atoms with Crippen LogP contribution < -0.4 is 0 Å². The van der Waals surface area contributed by atoms with E-state index in [2.05, 4.69) is 9.97 Å². The van der Waals surface area contributed by atoms with E-state index in [-0.39, 0.29) is 0 Å². The van der Waals surface area contributed by atoms with E-state index in [0.717, 1.165) is 11.4 Å². The van der Waals surface area contributed by atoms with Crippen LogP contribution in [0.25, 0.3) is 0 Å². The summed E-state index contributed by atoms with van der Waals surface area (Å²) in [5.74, 6) is 2.05. The predicted molar refractivity (Wildman–Crippen MR) is 48.3 cm³/mol. The lowest BCUT2D eigenvalue weighted by Gasteiger charge is -2.03. The first-order chi connectivity index (χ1) is 5.81. The standard InChI is InChI=1S/C9H11ClN2/c1-6-11-5-8(4-10)9(12-6)7-2-3-7/h5,7H,2-4H2,1H3. The summed E-state index contributed by atoms with van der Waals surface area (Å²) in [5.41, 5.74) is 2.28. The molecule has 1 aromatic heterocycles. The van der Waals surface area contributed by atoms with Crippen molar-refractivity contribution in [3.63, 3.8) is 0 Å². The maximum atomic E-state index is 5.78. The highest BCUT2D eigenvalue weighted by Crippen LogP contribution is 2.40. The number of aryl methyl sites for hydroxylation is 1. The normalized spacial score (nSPS) is 16.5. The van der Waals surface area contributed by atoms with Crippen LogP contribution in [0, 0.1) is 6.92 Å². The summed E-state index contributed by atoms with van der Waals surface area (Å²) >= 11 is 5.78. The number of hydrogen-bond acceptors (Lipinski definition) is 2. The molecule has 1 fully saturated rings. The molecule has 1 aliphatic carbocycles. The average molecular weight is 183 g/mol. The van der Waals surface area contributed by atoms with Gasteiger partial charge in [0.25, 0.3) is 0 Å². The van der Waals surface area contributed by atoms with Gasteiger partial charge in [-0.15, -0.1) is 11.6 Å². The van der Waals surface area contributed by atoms with Gasteiger partial charge in [-0.25, -0.2) is 9.97 Å². The van der Waals surface area contributed by atoms with E-state index < -0.39 is 0 Å². The Morgan fingerprint density at radius 1 is 1.58 bits per heavy atom. The Labute approximate surface area is 77.0 Å². The SMILES string of the molecule is Cc1ncc(CCl)c(C2CC2)n1. The monoisotopic (exact) mass is 182 g/mol. The third-order valence-electron chi connectivity index (χ3n) is 2.13. The summed E-state index contributed by atoms with van der Waals surface area (Å²) in [7, 11) is 0. The van der Waals surface area contributed by atoms with E-state index >= 15 is 0 Å². The van der Waals surface area contributed by atoms with E-state index in [4.69, 9.17) is 11.6 Å². The molecular formula is C9H11ClN2. The second kappa shape index (κ2) is 3.02. The first-order valence-electron chi connectivity index (χ1n) is 4.19. The molecule has 2 rings (SSSR count). The van der Waals surface area contributed by atoms with Gasteiger partial charge >= 0.3 is 0 Å². The second-order valence-electron chi connectivity index (χ2n) is 3.24. The number of alkyl halides is 1. The number of halogens is 1. The summed E-state index contributed by atoms with van der Waals surface area (Å²) in [4.78, 5) is 8.54. The Kier molecular flexibility index (Phi) is 2.01. The van der Waals surface area contributed by atoms with Crippen LogP contribution in [0.2, 0.25) is 0 Å². The lowest BCUT2D eigenvalue weighted by molar-refractivity contribution is 0.912. The van der Waals surface area contributed by atoms with Gasteiger partial charge in [0.1, 0.15) is 5.82 Å². The molecular weight excluding hydrogens is 172 g/mol. The Morgan fingerprint density at radius 3 is 2.92 bits per heavy atom. The molecule has 3 heteroatoms. The van der Waals surface area contributed by atoms with Gasteiger partial charge in [-0.2, -0.15) is 0 Å². The highest BCUT2D eigenvalue weighted by molar-refractivity contribution is 6.17. The third-order valence-corrected chi connectivity index (χ3v) is 2.41. The summed E-state index contributed by atoms with van der Waals surface area (Å²) in [6, 6.07) is 0. The highest BCUT2D eigenvalue weighted by atomic mass is 35.5. The maximum Gasteiger partial charge on any atom is 0.125 e. The molecule has 1 heterocycles. The third kappa shape index (κ3) is 1.44. The number of hydrogen-bond donors (Lipinski definition) is 0. The molecule has 0 aromatic carbocycles. The fraction of sp³-hybridized carbons (Fsp3) is 0.556. The van der Waals surface area contributed by atoms with Crippen molar-refractivity contribution in [2.45, 2.75) is 31.6 Å². The van der Waals surface area contributed by atoms with Gasteiger partial charge in [-0.1, -0.05) is 0 Å². The second-order valence-corrected chi connectivity index (χ2v) is 3.50. The first-order valence-corrected chi connectivity index (χ1v) is 4.73. The molecule has 1 aliphatic rings. The molecule has 2 nitrogen and oxygen atoms in total. The average Bonchev–Trinajstić information content (AvgIpc) is 2.87. The highest BCUT2D eigenvalue weighted by Gasteiger charge is 2.27. The Morgan fingerprint density at radius 2 is 2.33 bits per heavy atom. The van der Waals surface area contributed by atoms with E-state index in [1.54, 1.807) is 0 Å². The molecule has 12 heavy (non-hydrogen) atoms. The first kappa shape index (κ1) is 7.99. The van der Waals surface area contributed by atoms with Gasteiger partial charge in [-0.3, -0.25) is 0 Å². The van der Waals surface area contributed by atoms with Crippen molar-refractivity contribution in [1.82, 2.24) is 9.97 Å². The van der Waals surface area contributed by atoms with E-state index in [1.165, 1.54) is 18.5 Å². The minimum absolute atomic E-state index is 0.534. The van der Waals surface area contributed by atoms with Crippen molar-refractivity contribution in [2.24, 2.45) is 0 Å². The van der Waals surface area contributed by atoms with Crippen molar-refractivity contribution >= 4 is 11.6 Å². The molecule has 0 unspecified atom stereocenters. The number of rotatable bonds is 2. The van der Waals surface area contributed by atoms with Crippen LogP contribution in [0.5, 0.6) is 0 Å². The maximum absolute atomic E-state index is 5.78. The van der Waals surface area contributed by atoms with Crippen molar-refractivity contribution in [3.8, 4) is 0 Å². The molecule has 0 bridgehead atoms. The van der Waals surface area contributed by atoms with Crippen LogP contribution in [-0.4, -0.2) is 9.97 Å². The van der Waals surface area contributed by atoms with Crippen LogP contribution in [0.15, 0.2) is 6.20 Å². The van der Waals surface area contributed by atoms with Crippen molar-refractivity contribution < 1.29 is 0 Å². The van der Waals surface area contributed by atoms with Crippen molar-refractivity contribution in [1.29, 1.82) is 0 Å². The topological polar surface area (TPSA) is 25.8 Å². The van der Waals surface area contributed by atoms with Crippen LogP contribution >= 0.6 is 11.6 Å². The van der Waals surface area contributed by atoms with E-state index in [1.807, 2.05) is 13.1 Å². The van der Waals surface area contributed by atoms with Gasteiger partial charge in [-0.05, 0) is 19.8 Å². The quantitative estimate of drug-likeness (QED) is 0.657. The van der Waals surface area contributed by atoms with Gasteiger partial charge in [0.05, 0.1) is 11.6 Å². The molecule has 0 N–H and O–H groups in total. The predicted octanol–water partition coefficient (Wildman–Crippen LogP) is 2.40. The molecule has 0 spiro atoms. The minimum atomic E-state index is 0.534. The smallest absolute Gasteiger partial charge is 0.125 e. The molecule has 1 saturated carbocycles. The fourth-order valence-electron chi connectivity index (χ4n) is 1.33. The minimum Gasteiger partial charge on any atom is -0.241 e. The van der Waals surface area contributed by atoms with Gasteiger partial charge in [0.15, 0.2) is 0 Å². The van der Waals surface area contributed by atoms with Gasteiger partial charge in [0.2, 0.25) is 0 Å². The lowest BCUT2D eigenvalue weighted by atomic mass is 10.2. The summed E-state index contributed by atoms with van der Waals surface area (Å²) in [5, 5.41) is 0. The Balaban J connectivity index is 2.39. The molecule has 0 saturated heterocycles. The van der Waals surface area contributed by atoms with Crippen molar-refractivity contribution in [3.05, 3.63) is 23.3 Å². The summed E-state index contributed by atoms with van der Waals surface area (Å²) in [6.45, 7) is 1.92. The Hall–Kier alpha value is -0.630. The van der Waals surface area contributed by atoms with Crippen molar-refractivity contribution in [2.75, 3.05) is 0 Å². The molecule has 0 amide bonds. The summed E-state index contributed by atoms with van der Waals surface area (Å²) < 4.78 is 0. The van der Waals surface area contributed by atoms with Crippen LogP contribution in [0.3, 0.4) is 0 Å². The van der Waals surface area contributed by atoms with Crippen LogP contribution in [0.1, 0.15) is 35.8 Å². The zero-order valence-electron chi connectivity index (χ0n) is 7.05. The fourth-order valence-corrected chi connectivity index (χ4v) is 1.53. The van der Waals surface area contributed by atoms with Gasteiger partial charge < -0.3 is 0 Å². The molecule has 0 atom stereocenters. The lowest BCUT2D eigenvalue weighted by Crippen LogP contribution is -1.98. The molecule has 0 aliphatic heterocycles. The summed E-state index contributed by atoms with van der Waals surface area (Å²) in [6.07, 6.45) is 4.38. The number of nitrogens with zero attached hydrogens (tertiary/aromatic N) is 2. The van der Waals surface area contributed by atoms with Gasteiger partial charge in [0, 0.05) is 17.7 Å². The zero-order chi connectivity index (χ0) is 8.55. The van der Waals surface area contributed by atoms with Crippen LogP contribution in [-0.2, 0) is 5.88 Å². The van der Waals surface area contributed by atoms with Crippen LogP contribution in [0.4, 0.5) is 0 Å².